The fourth-order valence-corrected chi connectivity index (χ4v) is 2.89. The van der Waals surface area contributed by atoms with Crippen LogP contribution in [0, 0.1) is 13.8 Å². The van der Waals surface area contributed by atoms with Crippen molar-refractivity contribution in [3.63, 3.8) is 0 Å². The Bertz CT molecular complexity index is 765. The van der Waals surface area contributed by atoms with Gasteiger partial charge in [0.25, 0.3) is 0 Å². The first-order chi connectivity index (χ1) is 11.3. The number of aryl methyl sites for hydroxylation is 2. The number of amides is 1. The number of carboxylic acid groups (broad SMARTS) is 1. The molecule has 0 fully saturated rings. The molecule has 6 heteroatoms. The third-order valence-corrected chi connectivity index (χ3v) is 4.28. The fourth-order valence-electron chi connectivity index (χ4n) is 2.89. The Morgan fingerprint density at radius 3 is 2.62 bits per heavy atom. The van der Waals surface area contributed by atoms with Crippen LogP contribution >= 0.6 is 0 Å². The maximum absolute atomic E-state index is 12.4. The summed E-state index contributed by atoms with van der Waals surface area (Å²) in [5, 5.41) is 16.3. The van der Waals surface area contributed by atoms with Gasteiger partial charge in [-0.15, -0.1) is 0 Å². The van der Waals surface area contributed by atoms with Crippen molar-refractivity contribution in [1.82, 2.24) is 15.1 Å². The van der Waals surface area contributed by atoms with Crippen molar-refractivity contribution in [2.45, 2.75) is 33.1 Å². The molecule has 2 N–H and O–H groups in total. The first-order valence-corrected chi connectivity index (χ1v) is 7.91. The van der Waals surface area contributed by atoms with Crippen LogP contribution in [0.4, 0.5) is 0 Å². The highest BCUT2D eigenvalue weighted by atomic mass is 16.4. The summed E-state index contributed by atoms with van der Waals surface area (Å²) in [5.41, 5.74) is 3.96. The van der Waals surface area contributed by atoms with E-state index in [1.807, 2.05) is 33.9 Å². The minimum atomic E-state index is -0.947. The molecule has 24 heavy (non-hydrogen) atoms. The van der Waals surface area contributed by atoms with Crippen molar-refractivity contribution in [2.24, 2.45) is 7.05 Å². The van der Waals surface area contributed by atoms with Crippen LogP contribution in [0.2, 0.25) is 0 Å². The van der Waals surface area contributed by atoms with Gasteiger partial charge in [-0.2, -0.15) is 5.10 Å². The van der Waals surface area contributed by atoms with Crippen molar-refractivity contribution < 1.29 is 14.7 Å². The smallest absolute Gasteiger partial charge is 0.335 e. The van der Waals surface area contributed by atoms with Crippen molar-refractivity contribution >= 4 is 11.9 Å². The van der Waals surface area contributed by atoms with E-state index in [9.17, 15) is 9.59 Å². The normalized spacial score (nSPS) is 12.0. The number of nitrogens with zero attached hydrogens (tertiary/aromatic N) is 2. The average Bonchev–Trinajstić information content (AvgIpc) is 2.79. The summed E-state index contributed by atoms with van der Waals surface area (Å²) in [6.07, 6.45) is 0.588. The van der Waals surface area contributed by atoms with Gasteiger partial charge in [-0.3, -0.25) is 9.48 Å². The van der Waals surface area contributed by atoms with Crippen LogP contribution in [0.5, 0.6) is 0 Å². The lowest BCUT2D eigenvalue weighted by molar-refractivity contribution is -0.122. The molecule has 0 bridgehead atoms. The van der Waals surface area contributed by atoms with Gasteiger partial charge in [-0.1, -0.05) is 12.1 Å². The Kier molecular flexibility index (Phi) is 5.39. The number of nitrogens with one attached hydrogen (secondary N) is 1. The monoisotopic (exact) mass is 329 g/mol. The van der Waals surface area contributed by atoms with Crippen LogP contribution in [-0.4, -0.2) is 33.3 Å². The summed E-state index contributed by atoms with van der Waals surface area (Å²) in [7, 11) is 1.87. The van der Waals surface area contributed by atoms with E-state index in [1.54, 1.807) is 22.9 Å². The van der Waals surface area contributed by atoms with Gasteiger partial charge in [-0.25, -0.2) is 4.79 Å². The van der Waals surface area contributed by atoms with E-state index in [4.69, 9.17) is 5.11 Å². The first kappa shape index (κ1) is 17.7. The van der Waals surface area contributed by atoms with E-state index < -0.39 is 5.97 Å². The molecule has 1 aromatic heterocycles. The highest BCUT2D eigenvalue weighted by Crippen LogP contribution is 2.22. The van der Waals surface area contributed by atoms with Crippen LogP contribution < -0.4 is 5.32 Å². The van der Waals surface area contributed by atoms with Gasteiger partial charge in [0.15, 0.2) is 0 Å². The van der Waals surface area contributed by atoms with Crippen LogP contribution in [0.15, 0.2) is 24.3 Å². The minimum absolute atomic E-state index is 0.0522. The number of aromatic nitrogens is 2. The van der Waals surface area contributed by atoms with Gasteiger partial charge in [0.05, 0.1) is 17.2 Å². The lowest BCUT2D eigenvalue weighted by Crippen LogP contribution is -2.30. The Labute approximate surface area is 141 Å². The lowest BCUT2D eigenvalue weighted by Gasteiger charge is -2.13. The van der Waals surface area contributed by atoms with Crippen LogP contribution in [0.1, 0.15) is 45.7 Å². The lowest BCUT2D eigenvalue weighted by atomic mass is 9.98. The van der Waals surface area contributed by atoms with Crippen LogP contribution in [-0.2, 0) is 18.3 Å². The third kappa shape index (κ3) is 3.82. The van der Waals surface area contributed by atoms with Crippen molar-refractivity contribution in [3.8, 4) is 0 Å². The zero-order valence-electron chi connectivity index (χ0n) is 14.5. The van der Waals surface area contributed by atoms with E-state index in [0.29, 0.717) is 13.0 Å². The maximum atomic E-state index is 12.4. The fraction of sp³-hybridized carbons (Fsp3) is 0.389. The molecule has 0 aliphatic heterocycles. The average molecular weight is 329 g/mol. The highest BCUT2D eigenvalue weighted by Gasteiger charge is 2.22. The van der Waals surface area contributed by atoms with Gasteiger partial charge < -0.3 is 10.4 Å². The van der Waals surface area contributed by atoms with Crippen LogP contribution in [0.3, 0.4) is 0 Å². The Morgan fingerprint density at radius 1 is 1.33 bits per heavy atom. The molecule has 0 saturated carbocycles. The van der Waals surface area contributed by atoms with Crippen LogP contribution in [0.25, 0.3) is 0 Å². The summed E-state index contributed by atoms with van der Waals surface area (Å²) in [6.45, 7) is 6.20. The zero-order chi connectivity index (χ0) is 17.9. The minimum Gasteiger partial charge on any atom is -0.478 e. The summed E-state index contributed by atoms with van der Waals surface area (Å²) < 4.78 is 1.78. The van der Waals surface area contributed by atoms with Gasteiger partial charge in [0.2, 0.25) is 5.91 Å². The Morgan fingerprint density at radius 2 is 2.04 bits per heavy atom. The second-order valence-corrected chi connectivity index (χ2v) is 5.98. The second kappa shape index (κ2) is 7.29. The third-order valence-electron chi connectivity index (χ3n) is 4.28. The molecule has 1 unspecified atom stereocenters. The summed E-state index contributed by atoms with van der Waals surface area (Å²) in [4.78, 5) is 23.3. The van der Waals surface area contributed by atoms with Gasteiger partial charge in [0, 0.05) is 24.8 Å². The second-order valence-electron chi connectivity index (χ2n) is 5.98. The highest BCUT2D eigenvalue weighted by molar-refractivity contribution is 5.87. The van der Waals surface area contributed by atoms with E-state index in [-0.39, 0.29) is 17.4 Å². The molecule has 0 saturated heterocycles. The van der Waals surface area contributed by atoms with Gasteiger partial charge in [0.1, 0.15) is 0 Å². The molecule has 2 aromatic rings. The number of carboxylic acids is 1. The number of hydrogen-bond acceptors (Lipinski definition) is 3. The number of carbonyl (C=O) groups is 2. The predicted octanol–water partition coefficient (Wildman–Crippen LogP) is 2.20. The molecule has 1 heterocycles. The molecule has 1 amide bonds. The molecule has 0 aliphatic carbocycles. The Hall–Kier alpha value is -2.63. The standard InChI is InChI=1S/C18H23N3O3/c1-11(16-12(2)20-21(4)13(16)3)17(22)19-9-8-14-6-5-7-15(10-14)18(23)24/h5-7,10-11H,8-9H2,1-4H3,(H,19,22)(H,23,24). The van der Waals surface area contributed by atoms with E-state index in [1.165, 1.54) is 0 Å². The van der Waals surface area contributed by atoms with Crippen molar-refractivity contribution in [3.05, 3.63) is 52.3 Å². The summed E-state index contributed by atoms with van der Waals surface area (Å²) in [5.74, 6) is -1.27. The largest absolute Gasteiger partial charge is 0.478 e. The summed E-state index contributed by atoms with van der Waals surface area (Å²) in [6, 6.07) is 6.76. The maximum Gasteiger partial charge on any atom is 0.335 e. The molecule has 6 nitrogen and oxygen atoms in total. The topological polar surface area (TPSA) is 84.2 Å². The number of aromatic carboxylic acids is 1. The molecule has 128 valence electrons. The quantitative estimate of drug-likeness (QED) is 0.851. The molecule has 0 aliphatic rings. The Balaban J connectivity index is 1.96. The summed E-state index contributed by atoms with van der Waals surface area (Å²) >= 11 is 0. The predicted molar refractivity (Wildman–Crippen MR) is 91.2 cm³/mol. The first-order valence-electron chi connectivity index (χ1n) is 7.91. The number of rotatable bonds is 6. The molecule has 1 atom stereocenters. The van der Waals surface area contributed by atoms with E-state index >= 15 is 0 Å². The molecule has 0 spiro atoms. The van der Waals surface area contributed by atoms with Gasteiger partial charge in [-0.05, 0) is 44.9 Å². The SMILES string of the molecule is Cc1nn(C)c(C)c1C(C)C(=O)NCCc1cccc(C(=O)O)c1. The molecule has 1 aromatic carbocycles. The zero-order valence-corrected chi connectivity index (χ0v) is 14.5. The molecular formula is C18H23N3O3. The molecule has 0 radical (unpaired) electrons. The van der Waals surface area contributed by atoms with E-state index in [0.717, 1.165) is 22.5 Å². The number of benzene rings is 1. The molecule has 2 rings (SSSR count). The van der Waals surface area contributed by atoms with Crippen molar-refractivity contribution in [2.75, 3.05) is 6.54 Å². The van der Waals surface area contributed by atoms with Crippen molar-refractivity contribution in [1.29, 1.82) is 0 Å². The number of carbonyl (C=O) groups excluding carboxylic acids is 1. The van der Waals surface area contributed by atoms with Gasteiger partial charge >= 0.3 is 5.97 Å². The number of hydrogen-bond donors (Lipinski definition) is 2. The molecular weight excluding hydrogens is 306 g/mol. The van der Waals surface area contributed by atoms with E-state index in [2.05, 4.69) is 10.4 Å².